The number of fused-ring (bicyclic) bond motifs is 1. The fourth-order valence-corrected chi connectivity index (χ4v) is 2.63. The molecule has 0 aliphatic carbocycles. The standard InChI is InChI=1S/C17H22N2O4/c1-17(2,3)23-14(20)9-8-13(15(18)21)19-10-11-6-4-5-7-12(11)16(19)22/h4-7,13H,8-10H2,1-3H3,(H2,18,21)/t13-/m0/s1. The Morgan fingerprint density at radius 2 is 1.96 bits per heavy atom. The molecule has 0 bridgehead atoms. The van der Waals surface area contributed by atoms with Crippen molar-refractivity contribution in [2.45, 2.75) is 51.8 Å². The van der Waals surface area contributed by atoms with Gasteiger partial charge in [0.05, 0.1) is 0 Å². The van der Waals surface area contributed by atoms with E-state index in [1.807, 2.05) is 12.1 Å². The van der Waals surface area contributed by atoms with Crippen LogP contribution in [0, 0.1) is 0 Å². The molecule has 124 valence electrons. The van der Waals surface area contributed by atoms with Crippen molar-refractivity contribution in [1.82, 2.24) is 4.90 Å². The number of hydrogen-bond acceptors (Lipinski definition) is 4. The van der Waals surface area contributed by atoms with Gasteiger partial charge in [0.15, 0.2) is 0 Å². The summed E-state index contributed by atoms with van der Waals surface area (Å²) in [5.74, 6) is -1.25. The molecule has 1 aliphatic heterocycles. The van der Waals surface area contributed by atoms with E-state index < -0.39 is 23.5 Å². The van der Waals surface area contributed by atoms with E-state index in [1.54, 1.807) is 32.9 Å². The summed E-state index contributed by atoms with van der Waals surface area (Å²) in [6, 6.07) is 6.38. The third-order valence-corrected chi connectivity index (χ3v) is 3.60. The number of ether oxygens (including phenoxy) is 1. The SMILES string of the molecule is CC(C)(C)OC(=O)CC[C@@H](C(N)=O)N1Cc2ccccc2C1=O. The second kappa shape index (κ2) is 6.40. The van der Waals surface area contributed by atoms with Crippen LogP contribution >= 0.6 is 0 Å². The zero-order valence-corrected chi connectivity index (χ0v) is 13.7. The van der Waals surface area contributed by atoms with Gasteiger partial charge < -0.3 is 15.4 Å². The number of benzene rings is 1. The van der Waals surface area contributed by atoms with Gasteiger partial charge in [-0.15, -0.1) is 0 Å². The van der Waals surface area contributed by atoms with Gasteiger partial charge in [-0.05, 0) is 38.8 Å². The summed E-state index contributed by atoms with van der Waals surface area (Å²) in [7, 11) is 0. The first-order valence-corrected chi connectivity index (χ1v) is 7.59. The van der Waals surface area contributed by atoms with Gasteiger partial charge in [-0.2, -0.15) is 0 Å². The molecule has 1 aliphatic rings. The molecule has 0 aromatic heterocycles. The van der Waals surface area contributed by atoms with E-state index in [4.69, 9.17) is 10.5 Å². The van der Waals surface area contributed by atoms with Gasteiger partial charge in [-0.25, -0.2) is 0 Å². The highest BCUT2D eigenvalue weighted by Crippen LogP contribution is 2.26. The zero-order chi connectivity index (χ0) is 17.2. The molecule has 0 fully saturated rings. The van der Waals surface area contributed by atoms with Crippen LogP contribution in [0.4, 0.5) is 0 Å². The molecule has 1 heterocycles. The molecule has 2 rings (SSSR count). The summed E-state index contributed by atoms with van der Waals surface area (Å²) < 4.78 is 5.22. The number of rotatable bonds is 5. The second-order valence-corrected chi connectivity index (χ2v) is 6.63. The molecule has 2 N–H and O–H groups in total. The number of hydrogen-bond donors (Lipinski definition) is 1. The first-order chi connectivity index (χ1) is 10.7. The molecular weight excluding hydrogens is 296 g/mol. The van der Waals surface area contributed by atoms with Crippen LogP contribution in [0.25, 0.3) is 0 Å². The molecule has 2 amide bonds. The van der Waals surface area contributed by atoms with Crippen molar-refractivity contribution in [3.05, 3.63) is 35.4 Å². The molecule has 1 aromatic rings. The summed E-state index contributed by atoms with van der Waals surface area (Å²) >= 11 is 0. The van der Waals surface area contributed by atoms with Crippen LogP contribution in [0.15, 0.2) is 24.3 Å². The minimum Gasteiger partial charge on any atom is -0.460 e. The van der Waals surface area contributed by atoms with E-state index in [1.165, 1.54) is 4.90 Å². The highest BCUT2D eigenvalue weighted by atomic mass is 16.6. The van der Waals surface area contributed by atoms with E-state index in [9.17, 15) is 14.4 Å². The van der Waals surface area contributed by atoms with Gasteiger partial charge in [0.2, 0.25) is 5.91 Å². The molecule has 0 spiro atoms. The number of carbonyl (C=O) groups excluding carboxylic acids is 3. The maximum Gasteiger partial charge on any atom is 0.306 e. The van der Waals surface area contributed by atoms with Crippen molar-refractivity contribution in [2.75, 3.05) is 0 Å². The van der Waals surface area contributed by atoms with Crippen molar-refractivity contribution < 1.29 is 19.1 Å². The number of carbonyl (C=O) groups is 3. The van der Waals surface area contributed by atoms with Crippen LogP contribution in [-0.4, -0.2) is 34.3 Å². The molecule has 1 aromatic carbocycles. The van der Waals surface area contributed by atoms with Crippen molar-refractivity contribution in [3.8, 4) is 0 Å². The summed E-state index contributed by atoms with van der Waals surface area (Å²) in [5, 5.41) is 0. The minimum atomic E-state index is -0.817. The Morgan fingerprint density at radius 1 is 1.30 bits per heavy atom. The number of nitrogens with zero attached hydrogens (tertiary/aromatic N) is 1. The Kier molecular flexibility index (Phi) is 4.73. The van der Waals surface area contributed by atoms with Crippen molar-refractivity contribution >= 4 is 17.8 Å². The summed E-state index contributed by atoms with van der Waals surface area (Å²) in [6.07, 6.45) is 0.189. The molecule has 6 nitrogen and oxygen atoms in total. The number of nitrogens with two attached hydrogens (primary N) is 1. The Balaban J connectivity index is 2.05. The van der Waals surface area contributed by atoms with Crippen molar-refractivity contribution in [3.63, 3.8) is 0 Å². The molecular formula is C17H22N2O4. The van der Waals surface area contributed by atoms with Gasteiger partial charge in [-0.1, -0.05) is 18.2 Å². The largest absolute Gasteiger partial charge is 0.460 e. The molecule has 0 unspecified atom stereocenters. The predicted octanol–water partition coefficient (Wildman–Crippen LogP) is 1.62. The zero-order valence-electron chi connectivity index (χ0n) is 13.7. The molecule has 0 saturated heterocycles. The van der Waals surface area contributed by atoms with E-state index in [-0.39, 0.29) is 18.7 Å². The fraction of sp³-hybridized carbons (Fsp3) is 0.471. The minimum absolute atomic E-state index is 0.0327. The Hall–Kier alpha value is -2.37. The highest BCUT2D eigenvalue weighted by molar-refractivity contribution is 6.01. The average Bonchev–Trinajstić information content (AvgIpc) is 2.75. The van der Waals surface area contributed by atoms with Crippen molar-refractivity contribution in [2.24, 2.45) is 5.73 Å². The molecule has 1 atom stereocenters. The average molecular weight is 318 g/mol. The molecule has 0 saturated carbocycles. The van der Waals surface area contributed by atoms with Crippen LogP contribution < -0.4 is 5.73 Å². The quantitative estimate of drug-likeness (QED) is 0.835. The fourth-order valence-electron chi connectivity index (χ4n) is 2.63. The first kappa shape index (κ1) is 17.0. The number of amides is 2. The summed E-state index contributed by atoms with van der Waals surface area (Å²) in [4.78, 5) is 37.4. The maximum absolute atomic E-state index is 12.4. The topological polar surface area (TPSA) is 89.7 Å². The van der Waals surface area contributed by atoms with Gasteiger partial charge in [-0.3, -0.25) is 14.4 Å². The predicted molar refractivity (Wildman–Crippen MR) is 84.4 cm³/mol. The summed E-state index contributed by atoms with van der Waals surface area (Å²) in [5.41, 5.74) is 6.30. The van der Waals surface area contributed by atoms with Crippen LogP contribution in [-0.2, 0) is 20.9 Å². The van der Waals surface area contributed by atoms with E-state index in [2.05, 4.69) is 0 Å². The lowest BCUT2D eigenvalue weighted by atomic mass is 10.1. The number of primary amides is 1. The normalized spacial score (nSPS) is 15.3. The van der Waals surface area contributed by atoms with Gasteiger partial charge in [0, 0.05) is 18.5 Å². The highest BCUT2D eigenvalue weighted by Gasteiger charge is 2.35. The number of esters is 1. The van der Waals surface area contributed by atoms with E-state index in [0.717, 1.165) is 5.56 Å². The molecule has 0 radical (unpaired) electrons. The lowest BCUT2D eigenvalue weighted by molar-refractivity contribution is -0.155. The Morgan fingerprint density at radius 3 is 2.52 bits per heavy atom. The van der Waals surface area contributed by atoms with Crippen molar-refractivity contribution in [1.29, 1.82) is 0 Å². The smallest absolute Gasteiger partial charge is 0.306 e. The van der Waals surface area contributed by atoms with Crippen LogP contribution in [0.3, 0.4) is 0 Å². The Labute approximate surface area is 135 Å². The Bertz CT molecular complexity index is 634. The van der Waals surface area contributed by atoms with Crippen LogP contribution in [0.5, 0.6) is 0 Å². The lowest BCUT2D eigenvalue weighted by Crippen LogP contribution is -2.45. The van der Waals surface area contributed by atoms with Crippen LogP contribution in [0.2, 0.25) is 0 Å². The maximum atomic E-state index is 12.4. The second-order valence-electron chi connectivity index (χ2n) is 6.63. The van der Waals surface area contributed by atoms with Gasteiger partial charge in [0.25, 0.3) is 5.91 Å². The lowest BCUT2D eigenvalue weighted by Gasteiger charge is -2.25. The van der Waals surface area contributed by atoms with E-state index in [0.29, 0.717) is 12.1 Å². The first-order valence-electron chi connectivity index (χ1n) is 7.59. The summed E-state index contributed by atoms with van der Waals surface area (Å²) in [6.45, 7) is 5.66. The van der Waals surface area contributed by atoms with Crippen LogP contribution in [0.1, 0.15) is 49.5 Å². The third kappa shape index (κ3) is 4.09. The monoisotopic (exact) mass is 318 g/mol. The molecule has 23 heavy (non-hydrogen) atoms. The third-order valence-electron chi connectivity index (χ3n) is 3.60. The molecule has 6 heteroatoms. The van der Waals surface area contributed by atoms with Gasteiger partial charge >= 0.3 is 5.97 Å². The van der Waals surface area contributed by atoms with E-state index >= 15 is 0 Å². The van der Waals surface area contributed by atoms with Gasteiger partial charge in [0.1, 0.15) is 11.6 Å².